The van der Waals surface area contributed by atoms with E-state index < -0.39 is 0 Å². The first kappa shape index (κ1) is 19.3. The molecule has 2 heterocycles. The molecule has 0 spiro atoms. The molecule has 0 fully saturated rings. The van der Waals surface area contributed by atoms with Crippen LogP contribution < -0.4 is 15.2 Å². The molecule has 4 aromatic rings. The van der Waals surface area contributed by atoms with E-state index in [0.717, 1.165) is 16.7 Å². The van der Waals surface area contributed by atoms with Crippen molar-refractivity contribution in [3.8, 4) is 28.7 Å². The number of rotatable bonds is 6. The SMILES string of the molecule is COc1ccccc1-c1ccnc(OCc2c(C)cccc2-n2nnn(C)c2=O)n1. The average Bonchev–Trinajstić information content (AvgIpc) is 3.11. The summed E-state index contributed by atoms with van der Waals surface area (Å²) < 4.78 is 13.7. The number of para-hydroxylation sites is 1. The van der Waals surface area contributed by atoms with Crippen molar-refractivity contribution in [1.82, 2.24) is 29.8 Å². The number of hydrogen-bond donors (Lipinski definition) is 0. The normalized spacial score (nSPS) is 10.8. The molecule has 0 N–H and O–H groups in total. The molecule has 9 nitrogen and oxygen atoms in total. The van der Waals surface area contributed by atoms with Gasteiger partial charge >= 0.3 is 11.7 Å². The lowest BCUT2D eigenvalue weighted by molar-refractivity contribution is 0.280. The van der Waals surface area contributed by atoms with E-state index >= 15 is 0 Å². The van der Waals surface area contributed by atoms with Gasteiger partial charge in [-0.15, -0.1) is 0 Å². The first-order chi connectivity index (χ1) is 14.6. The Balaban J connectivity index is 1.64. The van der Waals surface area contributed by atoms with Gasteiger partial charge in [-0.25, -0.2) is 9.78 Å². The van der Waals surface area contributed by atoms with Crippen LogP contribution in [-0.4, -0.2) is 36.9 Å². The van der Waals surface area contributed by atoms with E-state index in [9.17, 15) is 4.79 Å². The molecule has 0 saturated heterocycles. The van der Waals surface area contributed by atoms with Gasteiger partial charge in [-0.2, -0.15) is 14.3 Å². The summed E-state index contributed by atoms with van der Waals surface area (Å²) in [5.41, 5.74) is 3.55. The van der Waals surface area contributed by atoms with Crippen molar-refractivity contribution < 1.29 is 9.47 Å². The van der Waals surface area contributed by atoms with Crippen LogP contribution in [0.1, 0.15) is 11.1 Å². The number of tetrazole rings is 1. The van der Waals surface area contributed by atoms with Crippen molar-refractivity contribution in [2.45, 2.75) is 13.5 Å². The molecule has 9 heteroatoms. The predicted molar refractivity (Wildman–Crippen MR) is 110 cm³/mol. The maximum Gasteiger partial charge on any atom is 0.368 e. The van der Waals surface area contributed by atoms with Crippen LogP contribution in [0.5, 0.6) is 11.8 Å². The third-order valence-corrected chi connectivity index (χ3v) is 4.70. The quantitative estimate of drug-likeness (QED) is 0.486. The molecule has 30 heavy (non-hydrogen) atoms. The zero-order valence-electron chi connectivity index (χ0n) is 16.8. The Morgan fingerprint density at radius 3 is 2.63 bits per heavy atom. The fraction of sp³-hybridized carbons (Fsp3) is 0.190. The lowest BCUT2D eigenvalue weighted by atomic mass is 10.1. The highest BCUT2D eigenvalue weighted by atomic mass is 16.5. The third kappa shape index (κ3) is 3.64. The second-order valence-electron chi connectivity index (χ2n) is 6.58. The number of nitrogens with zero attached hydrogens (tertiary/aromatic N) is 6. The summed E-state index contributed by atoms with van der Waals surface area (Å²) >= 11 is 0. The van der Waals surface area contributed by atoms with E-state index in [0.29, 0.717) is 17.1 Å². The van der Waals surface area contributed by atoms with Crippen molar-refractivity contribution in [3.05, 3.63) is 76.3 Å². The highest BCUT2D eigenvalue weighted by Crippen LogP contribution is 2.28. The lowest BCUT2D eigenvalue weighted by Gasteiger charge is -2.13. The summed E-state index contributed by atoms with van der Waals surface area (Å²) in [6.07, 6.45) is 1.63. The smallest absolute Gasteiger partial charge is 0.368 e. The fourth-order valence-electron chi connectivity index (χ4n) is 3.09. The molecule has 0 aliphatic carbocycles. The Morgan fingerprint density at radius 1 is 1.03 bits per heavy atom. The molecule has 0 radical (unpaired) electrons. The van der Waals surface area contributed by atoms with Crippen LogP contribution in [0.15, 0.2) is 59.5 Å². The minimum Gasteiger partial charge on any atom is -0.496 e. The molecule has 4 rings (SSSR count). The maximum absolute atomic E-state index is 12.3. The van der Waals surface area contributed by atoms with Gasteiger partial charge in [0, 0.05) is 24.4 Å². The molecule has 0 bridgehead atoms. The number of ether oxygens (including phenoxy) is 2. The topological polar surface area (TPSA) is 97.0 Å². The van der Waals surface area contributed by atoms with Gasteiger partial charge in [-0.1, -0.05) is 24.3 Å². The third-order valence-electron chi connectivity index (χ3n) is 4.70. The number of methoxy groups -OCH3 is 1. The first-order valence-electron chi connectivity index (χ1n) is 9.25. The van der Waals surface area contributed by atoms with Crippen LogP contribution in [0.25, 0.3) is 16.9 Å². The standard InChI is InChI=1S/C21H20N6O3/c1-14-7-6-9-18(27-21(28)26(2)24-25-27)16(14)13-30-20-22-12-11-17(23-20)15-8-4-5-10-19(15)29-3/h4-12H,13H2,1-3H3. The molecule has 0 saturated carbocycles. The van der Waals surface area contributed by atoms with Crippen molar-refractivity contribution in [2.75, 3.05) is 7.11 Å². The Labute approximate surface area is 172 Å². The van der Waals surface area contributed by atoms with Crippen LogP contribution in [0.3, 0.4) is 0 Å². The maximum atomic E-state index is 12.3. The molecular formula is C21H20N6O3. The van der Waals surface area contributed by atoms with Gasteiger partial charge in [-0.3, -0.25) is 0 Å². The van der Waals surface area contributed by atoms with Crippen molar-refractivity contribution >= 4 is 0 Å². The van der Waals surface area contributed by atoms with Gasteiger partial charge in [0.2, 0.25) is 0 Å². The van der Waals surface area contributed by atoms with E-state index in [1.165, 1.54) is 9.36 Å². The lowest BCUT2D eigenvalue weighted by Crippen LogP contribution is -2.23. The number of benzene rings is 2. The van der Waals surface area contributed by atoms with E-state index in [1.54, 1.807) is 32.5 Å². The summed E-state index contributed by atoms with van der Waals surface area (Å²) in [6, 6.07) is 15.2. The van der Waals surface area contributed by atoms with Crippen LogP contribution >= 0.6 is 0 Å². The van der Waals surface area contributed by atoms with Crippen molar-refractivity contribution in [3.63, 3.8) is 0 Å². The van der Waals surface area contributed by atoms with Crippen LogP contribution in [0, 0.1) is 6.92 Å². The van der Waals surface area contributed by atoms with E-state index in [2.05, 4.69) is 20.4 Å². The Kier molecular flexibility index (Phi) is 5.25. The second-order valence-corrected chi connectivity index (χ2v) is 6.58. The molecule has 2 aromatic heterocycles. The van der Waals surface area contributed by atoms with Gasteiger partial charge in [0.1, 0.15) is 12.4 Å². The molecule has 0 unspecified atom stereocenters. The number of aromatic nitrogens is 6. The van der Waals surface area contributed by atoms with Crippen LogP contribution in [0.2, 0.25) is 0 Å². The predicted octanol–water partition coefficient (Wildman–Crippen LogP) is 2.32. The molecule has 152 valence electrons. The van der Waals surface area contributed by atoms with Crippen molar-refractivity contribution in [2.24, 2.45) is 7.05 Å². The fourth-order valence-corrected chi connectivity index (χ4v) is 3.09. The van der Waals surface area contributed by atoms with Gasteiger partial charge in [-0.05, 0) is 47.2 Å². The van der Waals surface area contributed by atoms with Crippen molar-refractivity contribution in [1.29, 1.82) is 0 Å². The zero-order valence-corrected chi connectivity index (χ0v) is 16.8. The van der Waals surface area contributed by atoms with Gasteiger partial charge in [0.15, 0.2) is 0 Å². The summed E-state index contributed by atoms with van der Waals surface area (Å²) in [4.78, 5) is 21.0. The molecule has 0 amide bonds. The van der Waals surface area contributed by atoms with E-state index in [4.69, 9.17) is 9.47 Å². The number of aryl methyl sites for hydroxylation is 2. The Hall–Kier alpha value is -4.01. The van der Waals surface area contributed by atoms with Crippen LogP contribution in [-0.2, 0) is 13.7 Å². The van der Waals surface area contributed by atoms with Crippen LogP contribution in [0.4, 0.5) is 0 Å². The average molecular weight is 404 g/mol. The number of hydrogen-bond acceptors (Lipinski definition) is 7. The molecule has 0 aliphatic heterocycles. The summed E-state index contributed by atoms with van der Waals surface area (Å²) in [5.74, 6) is 0.713. The first-order valence-corrected chi connectivity index (χ1v) is 9.25. The molecule has 0 aliphatic rings. The highest BCUT2D eigenvalue weighted by Gasteiger charge is 2.14. The van der Waals surface area contributed by atoms with Gasteiger partial charge in [0.25, 0.3) is 0 Å². The van der Waals surface area contributed by atoms with Gasteiger partial charge < -0.3 is 9.47 Å². The summed E-state index contributed by atoms with van der Waals surface area (Å²) in [5, 5.41) is 7.71. The Morgan fingerprint density at radius 2 is 1.87 bits per heavy atom. The summed E-state index contributed by atoms with van der Waals surface area (Å²) in [6.45, 7) is 2.11. The van der Waals surface area contributed by atoms with E-state index in [-0.39, 0.29) is 18.3 Å². The van der Waals surface area contributed by atoms with Gasteiger partial charge in [0.05, 0.1) is 18.5 Å². The van der Waals surface area contributed by atoms with E-state index in [1.807, 2.05) is 43.3 Å². The monoisotopic (exact) mass is 404 g/mol. The minimum absolute atomic E-state index is 0.167. The zero-order chi connectivity index (χ0) is 21.1. The second kappa shape index (κ2) is 8.16. The largest absolute Gasteiger partial charge is 0.496 e. The molecular weight excluding hydrogens is 384 g/mol. The molecule has 0 atom stereocenters. The minimum atomic E-state index is -0.337. The molecule has 2 aromatic carbocycles. The summed E-state index contributed by atoms with van der Waals surface area (Å²) in [7, 11) is 3.17. The Bertz CT molecular complexity index is 1250. The highest BCUT2D eigenvalue weighted by molar-refractivity contribution is 5.66.